The number of amides is 1. The third-order valence-electron chi connectivity index (χ3n) is 8.18. The number of non-ortho nitro benzene ring substituents is 1. The number of hydrogen-bond donors (Lipinski definition) is 5. The molecule has 0 unspecified atom stereocenters. The van der Waals surface area contributed by atoms with Crippen LogP contribution >= 0.6 is 0 Å². The maximum absolute atomic E-state index is 13.9. The molecule has 0 aromatic heterocycles. The predicted molar refractivity (Wildman–Crippen MR) is 146 cm³/mol. The zero-order valence-electron chi connectivity index (χ0n) is 22.1. The molecule has 5 rings (SSSR count). The van der Waals surface area contributed by atoms with Crippen LogP contribution in [0, 0.1) is 22.0 Å². The third-order valence-corrected chi connectivity index (χ3v) is 8.18. The summed E-state index contributed by atoms with van der Waals surface area (Å²) in [6.45, 7) is 0. The number of fused-ring (bicyclic) bond motifs is 3. The Bertz CT molecular complexity index is 1640. The van der Waals surface area contributed by atoms with Crippen LogP contribution in [0.2, 0.25) is 0 Å². The topological polar surface area (TPSA) is 205 Å². The van der Waals surface area contributed by atoms with E-state index in [1.54, 1.807) is 30.4 Å². The number of likely N-dealkylation sites (N-methyl/N-ethyl adjacent to an activating group) is 1. The van der Waals surface area contributed by atoms with Crippen LogP contribution in [0.5, 0.6) is 5.75 Å². The maximum atomic E-state index is 13.9. The van der Waals surface area contributed by atoms with Gasteiger partial charge in [0.2, 0.25) is 5.78 Å². The van der Waals surface area contributed by atoms with Crippen molar-refractivity contribution in [1.82, 2.24) is 4.90 Å². The molecule has 2 aromatic rings. The van der Waals surface area contributed by atoms with Crippen molar-refractivity contribution in [2.24, 2.45) is 17.6 Å². The Hall–Kier alpha value is -4.81. The molecule has 4 atom stereocenters. The van der Waals surface area contributed by atoms with Crippen molar-refractivity contribution in [3.63, 3.8) is 0 Å². The van der Waals surface area contributed by atoms with E-state index < -0.39 is 63.0 Å². The Morgan fingerprint density at radius 2 is 1.85 bits per heavy atom. The molecule has 6 N–H and O–H groups in total. The van der Waals surface area contributed by atoms with Crippen molar-refractivity contribution in [3.8, 4) is 5.75 Å². The molecule has 12 heteroatoms. The summed E-state index contributed by atoms with van der Waals surface area (Å²) in [5.74, 6) is -7.18. The number of aliphatic hydroxyl groups is 3. The van der Waals surface area contributed by atoms with Gasteiger partial charge >= 0.3 is 0 Å². The molecule has 0 radical (unpaired) electrons. The van der Waals surface area contributed by atoms with Crippen LogP contribution in [0.4, 0.5) is 5.69 Å². The Morgan fingerprint density at radius 1 is 1.15 bits per heavy atom. The summed E-state index contributed by atoms with van der Waals surface area (Å²) >= 11 is 0. The van der Waals surface area contributed by atoms with Crippen LogP contribution in [-0.4, -0.2) is 73.5 Å². The minimum atomic E-state index is -2.71. The zero-order valence-corrected chi connectivity index (χ0v) is 22.1. The van der Waals surface area contributed by atoms with Gasteiger partial charge in [-0.15, -0.1) is 0 Å². The number of phenolic OH excluding ortho intramolecular Hbond substituents is 1. The van der Waals surface area contributed by atoms with Gasteiger partial charge in [0.1, 0.15) is 22.8 Å². The van der Waals surface area contributed by atoms with E-state index in [9.17, 15) is 44.9 Å². The molecule has 3 aliphatic rings. The van der Waals surface area contributed by atoms with Crippen molar-refractivity contribution < 1.29 is 39.7 Å². The van der Waals surface area contributed by atoms with Gasteiger partial charge in [0, 0.05) is 23.6 Å². The van der Waals surface area contributed by atoms with Crippen LogP contribution < -0.4 is 5.73 Å². The number of aliphatic hydroxyl groups excluding tert-OH is 2. The van der Waals surface area contributed by atoms with Crippen molar-refractivity contribution in [3.05, 3.63) is 85.7 Å². The lowest BCUT2D eigenvalue weighted by atomic mass is 9.57. The van der Waals surface area contributed by atoms with E-state index in [4.69, 9.17) is 5.73 Å². The van der Waals surface area contributed by atoms with Crippen LogP contribution in [0.15, 0.2) is 53.3 Å². The molecule has 1 saturated carbocycles. The van der Waals surface area contributed by atoms with E-state index in [2.05, 4.69) is 0 Å². The largest absolute Gasteiger partial charge is 0.508 e. The Labute approximate surface area is 233 Å². The second-order valence-electron chi connectivity index (χ2n) is 10.7. The molecule has 0 bridgehead atoms. The summed E-state index contributed by atoms with van der Waals surface area (Å²) in [6, 6.07) is 7.71. The highest BCUT2D eigenvalue weighted by Gasteiger charge is 2.64. The van der Waals surface area contributed by atoms with E-state index in [0.29, 0.717) is 16.7 Å². The number of benzene rings is 2. The van der Waals surface area contributed by atoms with Crippen LogP contribution in [-0.2, 0) is 20.8 Å². The fourth-order valence-corrected chi connectivity index (χ4v) is 6.35. The fraction of sp³-hybridized carbons (Fsp3) is 0.276. The van der Waals surface area contributed by atoms with E-state index in [1.807, 2.05) is 0 Å². The van der Waals surface area contributed by atoms with E-state index in [1.165, 1.54) is 37.2 Å². The molecular formula is C29H27N3O9. The summed E-state index contributed by atoms with van der Waals surface area (Å²) in [4.78, 5) is 51.2. The van der Waals surface area contributed by atoms with E-state index in [0.717, 1.165) is 0 Å². The number of carbonyl (C=O) groups excluding carboxylic acids is 3. The van der Waals surface area contributed by atoms with Gasteiger partial charge in [-0.1, -0.05) is 30.4 Å². The van der Waals surface area contributed by atoms with Crippen LogP contribution in [0.1, 0.15) is 28.7 Å². The average molecular weight is 562 g/mol. The number of hydrogen-bond acceptors (Lipinski definition) is 10. The first-order valence-electron chi connectivity index (χ1n) is 12.7. The van der Waals surface area contributed by atoms with Gasteiger partial charge in [-0.2, -0.15) is 0 Å². The minimum absolute atomic E-state index is 0.0323. The molecule has 12 nitrogen and oxygen atoms in total. The highest BCUT2D eigenvalue weighted by molar-refractivity contribution is 6.24. The molecule has 0 spiro atoms. The lowest BCUT2D eigenvalue weighted by molar-refractivity contribution is -0.384. The normalized spacial score (nSPS) is 25.8. The number of nitrogens with zero attached hydrogens (tertiary/aromatic N) is 2. The number of rotatable bonds is 5. The molecule has 1 fully saturated rings. The second kappa shape index (κ2) is 9.68. The first-order valence-corrected chi connectivity index (χ1v) is 12.7. The number of primary amides is 1. The number of nitro benzene ring substituents is 1. The summed E-state index contributed by atoms with van der Waals surface area (Å²) in [7, 11) is 3.06. The molecule has 0 heterocycles. The molecule has 212 valence electrons. The Kier molecular flexibility index (Phi) is 6.55. The highest BCUT2D eigenvalue weighted by atomic mass is 16.6. The number of ketones is 2. The molecule has 0 saturated heterocycles. The Balaban J connectivity index is 1.65. The van der Waals surface area contributed by atoms with Gasteiger partial charge in [0.15, 0.2) is 11.4 Å². The first kappa shape index (κ1) is 27.7. The number of phenols is 1. The van der Waals surface area contributed by atoms with Gasteiger partial charge < -0.3 is 26.2 Å². The number of nitrogens with two attached hydrogens (primary N) is 1. The standard InChI is InChI=1S/C29H27N3O9/c1-31(2)23-18-12-15-11-17-14(7-6-13-4-3-5-16(10-13)32(40)41)8-9-19(33)21(17)24(34)20(15)26(36)29(18,39)27(37)22(25(23)35)28(30)38/h3-10,15,18,23,33-34,37,39H,11-12H2,1-2H3,(H2,30,38)/b7-6+/t15-,18-,23-,29-/m1/s1. The van der Waals surface area contributed by atoms with Crippen molar-refractivity contribution >= 4 is 41.1 Å². The maximum Gasteiger partial charge on any atom is 0.270 e. The molecule has 2 aromatic carbocycles. The minimum Gasteiger partial charge on any atom is -0.508 e. The summed E-state index contributed by atoms with van der Waals surface area (Å²) < 4.78 is 0. The van der Waals surface area contributed by atoms with E-state index in [-0.39, 0.29) is 35.4 Å². The van der Waals surface area contributed by atoms with Crippen LogP contribution in [0.3, 0.4) is 0 Å². The summed E-state index contributed by atoms with van der Waals surface area (Å²) in [5.41, 5.74) is 2.97. The zero-order chi connectivity index (χ0) is 30.0. The van der Waals surface area contributed by atoms with E-state index >= 15 is 0 Å². The van der Waals surface area contributed by atoms with Gasteiger partial charge in [-0.05, 0) is 55.6 Å². The lowest BCUT2D eigenvalue weighted by Crippen LogP contribution is -2.65. The molecule has 3 aliphatic carbocycles. The average Bonchev–Trinajstić information content (AvgIpc) is 2.90. The number of carbonyl (C=O) groups is 3. The molecular weight excluding hydrogens is 534 g/mol. The van der Waals surface area contributed by atoms with Crippen molar-refractivity contribution in [2.75, 3.05) is 14.1 Å². The van der Waals surface area contributed by atoms with Crippen LogP contribution in [0.25, 0.3) is 17.9 Å². The Morgan fingerprint density at radius 3 is 2.49 bits per heavy atom. The van der Waals surface area contributed by atoms with Crippen molar-refractivity contribution in [2.45, 2.75) is 24.5 Å². The number of nitro groups is 1. The molecule has 1 amide bonds. The van der Waals surface area contributed by atoms with Gasteiger partial charge in [-0.25, -0.2) is 0 Å². The van der Waals surface area contributed by atoms with Gasteiger partial charge in [-0.3, -0.25) is 29.4 Å². The second-order valence-corrected chi connectivity index (χ2v) is 10.7. The summed E-state index contributed by atoms with van der Waals surface area (Å²) in [6.07, 6.45) is 3.39. The van der Waals surface area contributed by atoms with Crippen molar-refractivity contribution in [1.29, 1.82) is 0 Å². The van der Waals surface area contributed by atoms with Gasteiger partial charge in [0.05, 0.1) is 16.5 Å². The molecule has 0 aliphatic heterocycles. The highest BCUT2D eigenvalue weighted by Crippen LogP contribution is 2.53. The third kappa shape index (κ3) is 4.10. The fourth-order valence-electron chi connectivity index (χ4n) is 6.35. The predicted octanol–water partition coefficient (Wildman–Crippen LogP) is 2.04. The summed E-state index contributed by atoms with van der Waals surface area (Å²) in [5, 5.41) is 55.7. The lowest BCUT2D eigenvalue weighted by Gasteiger charge is -2.50. The van der Waals surface area contributed by atoms with Gasteiger partial charge in [0.25, 0.3) is 11.6 Å². The number of aromatic hydroxyl groups is 1. The smallest absolute Gasteiger partial charge is 0.270 e. The first-order chi connectivity index (χ1) is 19.3. The molecule has 41 heavy (non-hydrogen) atoms. The number of Topliss-reactive ketones (excluding diaryl/α,β-unsaturated/α-hetero) is 2. The SMILES string of the molecule is CN(C)[C@H]1C(=O)C(C(N)=O)=C(O)[C@]2(O)C(=O)C3=C(O)c4c(O)ccc(/C=C/c5cccc([N+](=O)[O-])c5)c4C[C@@H]3C[C@H]12. The monoisotopic (exact) mass is 561 g/mol. The quantitative estimate of drug-likeness (QED) is 0.155.